The van der Waals surface area contributed by atoms with Gasteiger partial charge in [0.1, 0.15) is 0 Å². The van der Waals surface area contributed by atoms with Crippen LogP contribution >= 0.6 is 0 Å². The average Bonchev–Trinajstić information content (AvgIpc) is 2.22. The molecule has 0 bridgehead atoms. The summed E-state index contributed by atoms with van der Waals surface area (Å²) in [6, 6.07) is 0. The zero-order chi connectivity index (χ0) is 10.8. The fourth-order valence-electron chi connectivity index (χ4n) is 1.60. The van der Waals surface area contributed by atoms with Gasteiger partial charge < -0.3 is 16.0 Å². The largest absolute Gasteiger partial charge is 0.314 e. The van der Waals surface area contributed by atoms with Gasteiger partial charge in [0, 0.05) is 52.4 Å². The minimum Gasteiger partial charge on any atom is -0.314 e. The Kier molecular flexibility index (Phi) is 7.22. The van der Waals surface area contributed by atoms with Gasteiger partial charge in [-0.1, -0.05) is 5.92 Å². The van der Waals surface area contributed by atoms with E-state index in [1.54, 1.807) is 0 Å². The van der Waals surface area contributed by atoms with E-state index >= 15 is 0 Å². The second-order valence-corrected chi connectivity index (χ2v) is 3.73. The van der Waals surface area contributed by atoms with Gasteiger partial charge in [0.25, 0.3) is 0 Å². The summed E-state index contributed by atoms with van der Waals surface area (Å²) in [7, 11) is 0. The number of terminal acetylenes is 1. The summed E-state index contributed by atoms with van der Waals surface area (Å²) in [6.07, 6.45) is 5.33. The molecule has 86 valence electrons. The number of rotatable bonds is 1. The molecule has 0 unspecified atom stereocenters. The highest BCUT2D eigenvalue weighted by atomic mass is 15.2. The number of hydrogen-bond acceptors (Lipinski definition) is 4. The molecule has 1 aliphatic heterocycles. The van der Waals surface area contributed by atoms with Crippen LogP contribution in [0.1, 0.15) is 0 Å². The summed E-state index contributed by atoms with van der Waals surface area (Å²) < 4.78 is 0. The number of hydrogen-bond donors (Lipinski definition) is 3. The molecule has 1 fully saturated rings. The molecule has 1 aliphatic rings. The van der Waals surface area contributed by atoms with Gasteiger partial charge in [-0.3, -0.25) is 4.90 Å². The lowest BCUT2D eigenvalue weighted by Gasteiger charge is -2.21. The highest BCUT2D eigenvalue weighted by molar-refractivity contribution is 4.88. The van der Waals surface area contributed by atoms with E-state index in [9.17, 15) is 0 Å². The van der Waals surface area contributed by atoms with E-state index in [0.717, 1.165) is 58.9 Å². The lowest BCUT2D eigenvalue weighted by Crippen LogP contribution is -2.41. The van der Waals surface area contributed by atoms with Gasteiger partial charge in [-0.25, -0.2) is 0 Å². The molecular weight excluding hydrogens is 188 g/mol. The predicted molar refractivity (Wildman–Crippen MR) is 63.9 cm³/mol. The van der Waals surface area contributed by atoms with E-state index in [-0.39, 0.29) is 0 Å². The minimum absolute atomic E-state index is 0.752. The zero-order valence-corrected chi connectivity index (χ0v) is 9.39. The van der Waals surface area contributed by atoms with Crippen molar-refractivity contribution in [2.75, 3.05) is 58.9 Å². The topological polar surface area (TPSA) is 39.3 Å². The van der Waals surface area contributed by atoms with Crippen molar-refractivity contribution >= 4 is 0 Å². The third-order valence-electron chi connectivity index (χ3n) is 2.48. The molecule has 0 amide bonds. The van der Waals surface area contributed by atoms with Gasteiger partial charge in [0.15, 0.2) is 0 Å². The Balaban J connectivity index is 2.23. The van der Waals surface area contributed by atoms with E-state index in [2.05, 4.69) is 26.8 Å². The quantitative estimate of drug-likeness (QED) is 0.471. The maximum atomic E-state index is 5.33. The van der Waals surface area contributed by atoms with E-state index in [4.69, 9.17) is 6.42 Å². The second-order valence-electron chi connectivity index (χ2n) is 3.73. The fraction of sp³-hybridized carbons (Fsp3) is 0.818. The predicted octanol–water partition coefficient (Wildman–Crippen LogP) is -1.30. The first kappa shape index (κ1) is 12.5. The third-order valence-corrected chi connectivity index (χ3v) is 2.48. The zero-order valence-electron chi connectivity index (χ0n) is 9.39. The molecule has 0 aliphatic carbocycles. The molecular formula is C11H22N4. The first-order chi connectivity index (χ1) is 7.43. The minimum atomic E-state index is 0.752. The van der Waals surface area contributed by atoms with Crippen molar-refractivity contribution in [3.8, 4) is 12.3 Å². The van der Waals surface area contributed by atoms with E-state index in [1.165, 1.54) is 0 Å². The van der Waals surface area contributed by atoms with Gasteiger partial charge in [0.2, 0.25) is 0 Å². The van der Waals surface area contributed by atoms with Gasteiger partial charge in [0.05, 0.1) is 6.54 Å². The van der Waals surface area contributed by atoms with Gasteiger partial charge in [-0.2, -0.15) is 0 Å². The van der Waals surface area contributed by atoms with Crippen LogP contribution in [0.25, 0.3) is 0 Å². The van der Waals surface area contributed by atoms with Crippen LogP contribution in [-0.2, 0) is 0 Å². The Bertz CT molecular complexity index is 176. The lowest BCUT2D eigenvalue weighted by molar-refractivity contribution is 0.302. The standard InChI is InChI=1S/C11H22N4/c1-2-9-15-10-7-13-5-3-12-4-6-14-8-11-15/h1,12-14H,3-11H2. The molecule has 3 N–H and O–H groups in total. The molecule has 0 aromatic heterocycles. The van der Waals surface area contributed by atoms with Crippen LogP contribution < -0.4 is 16.0 Å². The Morgan fingerprint density at radius 2 is 1.33 bits per heavy atom. The molecule has 0 spiro atoms. The van der Waals surface area contributed by atoms with Gasteiger partial charge >= 0.3 is 0 Å². The molecule has 0 radical (unpaired) electrons. The fourth-order valence-corrected chi connectivity index (χ4v) is 1.60. The van der Waals surface area contributed by atoms with Crippen LogP contribution in [0.5, 0.6) is 0 Å². The Morgan fingerprint density at radius 1 is 0.867 bits per heavy atom. The Hall–Kier alpha value is -0.600. The first-order valence-corrected chi connectivity index (χ1v) is 5.71. The van der Waals surface area contributed by atoms with Gasteiger partial charge in [-0.05, 0) is 0 Å². The smallest absolute Gasteiger partial charge is 0.0599 e. The van der Waals surface area contributed by atoms with Crippen molar-refractivity contribution in [2.45, 2.75) is 0 Å². The molecule has 1 rings (SSSR count). The second kappa shape index (κ2) is 8.69. The highest BCUT2D eigenvalue weighted by Gasteiger charge is 2.02. The summed E-state index contributed by atoms with van der Waals surface area (Å²) >= 11 is 0. The average molecular weight is 210 g/mol. The summed E-state index contributed by atoms with van der Waals surface area (Å²) in [5.74, 6) is 2.71. The number of nitrogens with zero attached hydrogens (tertiary/aromatic N) is 1. The van der Waals surface area contributed by atoms with Crippen LogP contribution in [0, 0.1) is 12.3 Å². The molecule has 0 atom stereocenters. The van der Waals surface area contributed by atoms with Crippen LogP contribution in [-0.4, -0.2) is 63.8 Å². The van der Waals surface area contributed by atoms with Crippen molar-refractivity contribution in [3.63, 3.8) is 0 Å². The maximum Gasteiger partial charge on any atom is 0.0599 e. The van der Waals surface area contributed by atoms with Crippen molar-refractivity contribution < 1.29 is 0 Å². The van der Waals surface area contributed by atoms with Crippen molar-refractivity contribution in [1.29, 1.82) is 0 Å². The summed E-state index contributed by atoms with van der Waals surface area (Å²) in [6.45, 7) is 8.99. The van der Waals surface area contributed by atoms with Crippen LogP contribution in [0.2, 0.25) is 0 Å². The number of nitrogens with one attached hydrogen (secondary N) is 3. The van der Waals surface area contributed by atoms with E-state index < -0.39 is 0 Å². The van der Waals surface area contributed by atoms with Crippen molar-refractivity contribution in [3.05, 3.63) is 0 Å². The van der Waals surface area contributed by atoms with E-state index in [0.29, 0.717) is 0 Å². The molecule has 4 heteroatoms. The van der Waals surface area contributed by atoms with Crippen molar-refractivity contribution in [1.82, 2.24) is 20.9 Å². The molecule has 1 heterocycles. The molecule has 1 saturated heterocycles. The summed E-state index contributed by atoms with van der Waals surface area (Å²) in [5, 5.41) is 10.2. The summed E-state index contributed by atoms with van der Waals surface area (Å²) in [5.41, 5.74) is 0. The molecule has 4 nitrogen and oxygen atoms in total. The van der Waals surface area contributed by atoms with Gasteiger partial charge in [-0.15, -0.1) is 6.42 Å². The van der Waals surface area contributed by atoms with Crippen LogP contribution in [0.3, 0.4) is 0 Å². The SMILES string of the molecule is C#CCN1CCNCCNCCNCC1. The molecule has 15 heavy (non-hydrogen) atoms. The van der Waals surface area contributed by atoms with E-state index in [1.807, 2.05) is 0 Å². The normalized spacial score (nSPS) is 22.3. The van der Waals surface area contributed by atoms with Crippen LogP contribution in [0.15, 0.2) is 0 Å². The first-order valence-electron chi connectivity index (χ1n) is 5.71. The van der Waals surface area contributed by atoms with Crippen molar-refractivity contribution in [2.24, 2.45) is 0 Å². The Labute approximate surface area is 92.8 Å². The molecule has 0 aromatic carbocycles. The van der Waals surface area contributed by atoms with Crippen LogP contribution in [0.4, 0.5) is 0 Å². The summed E-state index contributed by atoms with van der Waals surface area (Å²) in [4.78, 5) is 2.30. The molecule has 0 saturated carbocycles. The molecule has 0 aromatic rings. The maximum absolute atomic E-state index is 5.33. The lowest BCUT2D eigenvalue weighted by atomic mass is 10.4. The third kappa shape index (κ3) is 6.47. The monoisotopic (exact) mass is 210 g/mol. The highest BCUT2D eigenvalue weighted by Crippen LogP contribution is 1.85. The Morgan fingerprint density at radius 3 is 1.80 bits per heavy atom.